The van der Waals surface area contributed by atoms with Crippen molar-refractivity contribution in [2.45, 2.75) is 24.7 Å². The number of carbonyl (C=O) groups is 1. The number of hydrogen-bond donors (Lipinski definition) is 3. The number of nitrogens with zero attached hydrogens (tertiary/aromatic N) is 2. The molecule has 1 aromatic heterocycles. The molecule has 2 heterocycles. The number of nitrogens with one attached hydrogen (secondary N) is 2. The predicted molar refractivity (Wildman–Crippen MR) is 101 cm³/mol. The van der Waals surface area contributed by atoms with Crippen LogP contribution in [-0.4, -0.2) is 27.0 Å². The molecule has 0 aliphatic carbocycles. The molecule has 30 heavy (non-hydrogen) atoms. The molecule has 2 atom stereocenters. The number of hydrogen-bond acceptors (Lipinski definition) is 4. The molecule has 4 rings (SSSR count). The van der Waals surface area contributed by atoms with Gasteiger partial charge in [-0.1, -0.05) is 18.2 Å². The zero-order valence-electron chi connectivity index (χ0n) is 15.3. The zero-order chi connectivity index (χ0) is 21.5. The van der Waals surface area contributed by atoms with Crippen molar-refractivity contribution in [3.8, 4) is 5.75 Å². The van der Waals surface area contributed by atoms with Crippen LogP contribution in [0.1, 0.15) is 34.4 Å². The number of aromatic hydroxyl groups is 1. The summed E-state index contributed by atoms with van der Waals surface area (Å²) in [7, 11) is 0. The molecule has 0 saturated heterocycles. The number of amides is 1. The normalized spacial score (nSPS) is 18.4. The number of aromatic nitrogens is 2. The molecule has 0 saturated carbocycles. The lowest BCUT2D eigenvalue weighted by Gasteiger charge is -2.34. The van der Waals surface area contributed by atoms with Crippen LogP contribution in [0.4, 0.5) is 29.1 Å². The van der Waals surface area contributed by atoms with Crippen LogP contribution in [0.25, 0.3) is 0 Å². The molecular formula is C20H16F4N4O2. The number of phenols is 1. The Morgan fingerprint density at radius 1 is 1.20 bits per heavy atom. The third kappa shape index (κ3) is 3.80. The fourth-order valence-corrected chi connectivity index (χ4v) is 3.42. The molecule has 10 heteroatoms. The summed E-state index contributed by atoms with van der Waals surface area (Å²) < 4.78 is 55.1. The predicted octanol–water partition coefficient (Wildman–Crippen LogP) is 4.64. The highest BCUT2D eigenvalue weighted by atomic mass is 19.4. The first-order valence-electron chi connectivity index (χ1n) is 8.99. The van der Waals surface area contributed by atoms with Gasteiger partial charge in [-0.2, -0.15) is 18.3 Å². The van der Waals surface area contributed by atoms with Crippen molar-refractivity contribution in [1.82, 2.24) is 9.78 Å². The summed E-state index contributed by atoms with van der Waals surface area (Å²) in [6.45, 7) is 0. The number of anilines is 2. The first-order valence-corrected chi connectivity index (χ1v) is 8.99. The Labute approximate surface area is 168 Å². The lowest BCUT2D eigenvalue weighted by atomic mass is 9.96. The smallest absolute Gasteiger partial charge is 0.410 e. The van der Waals surface area contributed by atoms with Gasteiger partial charge in [-0.25, -0.2) is 9.07 Å². The van der Waals surface area contributed by atoms with Gasteiger partial charge in [-0.15, -0.1) is 0 Å². The molecule has 3 aromatic rings. The van der Waals surface area contributed by atoms with E-state index in [9.17, 15) is 27.5 Å². The molecule has 0 bridgehead atoms. The van der Waals surface area contributed by atoms with Crippen molar-refractivity contribution >= 4 is 17.4 Å². The van der Waals surface area contributed by atoms with Gasteiger partial charge in [0.05, 0.1) is 12.2 Å². The van der Waals surface area contributed by atoms with Gasteiger partial charge in [0, 0.05) is 18.2 Å². The maximum Gasteiger partial charge on any atom is 0.410 e. The van der Waals surface area contributed by atoms with E-state index in [2.05, 4.69) is 15.7 Å². The largest absolute Gasteiger partial charge is 0.508 e. The lowest BCUT2D eigenvalue weighted by molar-refractivity contribution is -0.173. The van der Waals surface area contributed by atoms with Gasteiger partial charge in [-0.05, 0) is 29.8 Å². The van der Waals surface area contributed by atoms with Crippen LogP contribution >= 0.6 is 0 Å². The summed E-state index contributed by atoms with van der Waals surface area (Å²) in [6.07, 6.45) is -3.90. The van der Waals surface area contributed by atoms with Crippen LogP contribution in [0, 0.1) is 5.82 Å². The minimum atomic E-state index is -4.60. The van der Waals surface area contributed by atoms with E-state index in [1.54, 1.807) is 0 Å². The summed E-state index contributed by atoms with van der Waals surface area (Å²) in [4.78, 5) is 12.7. The minimum absolute atomic E-state index is 0.0727. The van der Waals surface area contributed by atoms with Crippen LogP contribution in [0.5, 0.6) is 5.75 Å². The fraction of sp³-hybridized carbons (Fsp3) is 0.200. The second kappa shape index (κ2) is 7.36. The van der Waals surface area contributed by atoms with Crippen LogP contribution in [-0.2, 0) is 0 Å². The highest BCUT2D eigenvalue weighted by Gasteiger charge is 2.47. The molecule has 0 unspecified atom stereocenters. The molecule has 156 valence electrons. The van der Waals surface area contributed by atoms with Crippen molar-refractivity contribution < 1.29 is 27.5 Å². The zero-order valence-corrected chi connectivity index (χ0v) is 15.3. The second-order valence-corrected chi connectivity index (χ2v) is 6.90. The maximum atomic E-state index is 13.7. The van der Waals surface area contributed by atoms with Gasteiger partial charge in [0.1, 0.15) is 22.9 Å². The van der Waals surface area contributed by atoms with Gasteiger partial charge in [-0.3, -0.25) is 4.79 Å². The number of halogens is 4. The molecule has 1 aliphatic rings. The Kier molecular flexibility index (Phi) is 4.84. The number of rotatable bonds is 3. The number of fused-ring (bicyclic) bond motifs is 1. The summed E-state index contributed by atoms with van der Waals surface area (Å²) in [5.41, 5.74) is 0.648. The molecule has 3 N–H and O–H groups in total. The Morgan fingerprint density at radius 3 is 2.60 bits per heavy atom. The number of phenolic OH excluding ortho intramolecular Hbond substituents is 1. The third-order valence-electron chi connectivity index (χ3n) is 4.86. The first kappa shape index (κ1) is 19.7. The molecule has 0 spiro atoms. The Hall–Kier alpha value is -3.56. The summed E-state index contributed by atoms with van der Waals surface area (Å²) in [5, 5.41) is 18.8. The summed E-state index contributed by atoms with van der Waals surface area (Å²) in [5.74, 6) is -1.35. The van der Waals surface area contributed by atoms with E-state index in [0.717, 1.165) is 10.9 Å². The Morgan fingerprint density at radius 2 is 1.93 bits per heavy atom. The number of benzene rings is 2. The van der Waals surface area contributed by atoms with E-state index in [0.29, 0.717) is 5.56 Å². The van der Waals surface area contributed by atoms with E-state index < -0.39 is 30.0 Å². The van der Waals surface area contributed by atoms with Crippen LogP contribution < -0.4 is 10.6 Å². The van der Waals surface area contributed by atoms with Crippen LogP contribution in [0.3, 0.4) is 0 Å². The molecule has 1 aliphatic heterocycles. The van der Waals surface area contributed by atoms with E-state index in [1.807, 2.05) is 0 Å². The van der Waals surface area contributed by atoms with Gasteiger partial charge < -0.3 is 15.7 Å². The average Bonchev–Trinajstić information content (AvgIpc) is 3.11. The number of carbonyl (C=O) groups excluding carboxylic acids is 1. The average molecular weight is 420 g/mol. The monoisotopic (exact) mass is 420 g/mol. The summed E-state index contributed by atoms with van der Waals surface area (Å²) >= 11 is 0. The van der Waals surface area contributed by atoms with Crippen molar-refractivity contribution in [1.29, 1.82) is 0 Å². The number of alkyl halides is 3. The van der Waals surface area contributed by atoms with E-state index in [4.69, 9.17) is 0 Å². The van der Waals surface area contributed by atoms with Crippen molar-refractivity contribution in [3.63, 3.8) is 0 Å². The van der Waals surface area contributed by atoms with Crippen LogP contribution in [0.2, 0.25) is 0 Å². The standard InChI is InChI=1S/C20H16F4N4O2/c21-12-6-4-11(5-7-12)16-9-17(20(22,23)24)28-18(27-16)15(10-25-28)19(30)26-13-2-1-3-14(29)8-13/h1-8,10,16-17,27,29H,9H2,(H,26,30)/t16-,17+/m1/s1. The van der Waals surface area contributed by atoms with Gasteiger partial charge in [0.25, 0.3) is 5.91 Å². The lowest BCUT2D eigenvalue weighted by Crippen LogP contribution is -2.36. The highest BCUT2D eigenvalue weighted by molar-refractivity contribution is 6.07. The highest BCUT2D eigenvalue weighted by Crippen LogP contribution is 2.44. The fourth-order valence-electron chi connectivity index (χ4n) is 3.42. The maximum absolute atomic E-state index is 13.7. The molecule has 1 amide bonds. The molecule has 0 radical (unpaired) electrons. The summed E-state index contributed by atoms with van der Waals surface area (Å²) in [6, 6.07) is 8.16. The Balaban J connectivity index is 1.69. The van der Waals surface area contributed by atoms with E-state index in [-0.39, 0.29) is 29.2 Å². The van der Waals surface area contributed by atoms with Gasteiger partial charge >= 0.3 is 6.18 Å². The van der Waals surface area contributed by atoms with Gasteiger partial charge in [0.15, 0.2) is 6.04 Å². The third-order valence-corrected chi connectivity index (χ3v) is 4.86. The van der Waals surface area contributed by atoms with Crippen molar-refractivity contribution in [2.75, 3.05) is 10.6 Å². The van der Waals surface area contributed by atoms with E-state index in [1.165, 1.54) is 48.5 Å². The van der Waals surface area contributed by atoms with Gasteiger partial charge in [0.2, 0.25) is 0 Å². The first-order chi connectivity index (χ1) is 14.2. The SMILES string of the molecule is O=C(Nc1cccc(O)c1)c1cnn2c1N[C@@H](c1ccc(F)cc1)C[C@H]2C(F)(F)F. The quantitative estimate of drug-likeness (QED) is 0.540. The molecule has 2 aromatic carbocycles. The van der Waals surface area contributed by atoms with Crippen LogP contribution in [0.15, 0.2) is 54.7 Å². The van der Waals surface area contributed by atoms with E-state index >= 15 is 0 Å². The molecular weight excluding hydrogens is 404 g/mol. The molecule has 6 nitrogen and oxygen atoms in total. The Bertz CT molecular complexity index is 1080. The molecule has 0 fully saturated rings. The van der Waals surface area contributed by atoms with Crippen molar-refractivity contribution in [2.24, 2.45) is 0 Å². The topological polar surface area (TPSA) is 79.2 Å². The second-order valence-electron chi connectivity index (χ2n) is 6.90. The minimum Gasteiger partial charge on any atom is -0.508 e. The van der Waals surface area contributed by atoms with Crippen molar-refractivity contribution in [3.05, 3.63) is 71.7 Å².